The Bertz CT molecular complexity index is 1040. The molecular weight excluding hydrogens is 632 g/mol. The zero-order chi connectivity index (χ0) is 31.3. The molecular formula is C23H40N4Na2O12P2. The number of carbonyl (C=O) groups is 4. The van der Waals surface area contributed by atoms with E-state index in [1.807, 2.05) is 27.7 Å². The first kappa shape index (κ1) is 43.1. The third-order valence-electron chi connectivity index (χ3n) is 6.47. The van der Waals surface area contributed by atoms with Crippen molar-refractivity contribution in [2.24, 2.45) is 11.8 Å². The van der Waals surface area contributed by atoms with Crippen molar-refractivity contribution in [1.29, 1.82) is 0 Å². The molecule has 2 aliphatic rings. The van der Waals surface area contributed by atoms with Crippen molar-refractivity contribution in [3.8, 4) is 0 Å². The minimum atomic E-state index is -5.68. The second kappa shape index (κ2) is 18.4. The molecule has 3 amide bonds. The molecule has 236 valence electrons. The molecule has 0 aromatic rings. The predicted molar refractivity (Wildman–Crippen MR) is 140 cm³/mol. The third kappa shape index (κ3) is 13.4. The summed E-state index contributed by atoms with van der Waals surface area (Å²) in [6.07, 6.45) is -1.68. The molecule has 1 unspecified atom stereocenters. The van der Waals surface area contributed by atoms with E-state index in [0.29, 0.717) is 0 Å². The summed E-state index contributed by atoms with van der Waals surface area (Å²) in [5, 5.41) is 5.28. The normalized spacial score (nSPS) is 21.1. The van der Waals surface area contributed by atoms with Gasteiger partial charge in [-0.1, -0.05) is 27.7 Å². The van der Waals surface area contributed by atoms with E-state index < -0.39 is 68.7 Å². The van der Waals surface area contributed by atoms with Crippen LogP contribution in [0.4, 0.5) is 0 Å². The zero-order valence-corrected chi connectivity index (χ0v) is 31.5. The van der Waals surface area contributed by atoms with Gasteiger partial charge in [0, 0.05) is 26.2 Å². The van der Waals surface area contributed by atoms with Crippen molar-refractivity contribution in [1.82, 2.24) is 20.4 Å². The van der Waals surface area contributed by atoms with Crippen molar-refractivity contribution in [3.63, 3.8) is 0 Å². The molecule has 0 spiro atoms. The first-order valence-electron chi connectivity index (χ1n) is 13.4. The van der Waals surface area contributed by atoms with Crippen LogP contribution in [0.2, 0.25) is 0 Å². The Kier molecular flexibility index (Phi) is 18.5. The smallest absolute Gasteiger partial charge is 0.809 e. The fourth-order valence-electron chi connectivity index (χ4n) is 4.63. The van der Waals surface area contributed by atoms with Crippen LogP contribution in [0.1, 0.15) is 47.5 Å². The maximum absolute atomic E-state index is 13.4. The fraction of sp³-hybridized carbons (Fsp3) is 0.826. The average molecular weight is 673 g/mol. The van der Waals surface area contributed by atoms with E-state index in [-0.39, 0.29) is 117 Å². The van der Waals surface area contributed by atoms with Gasteiger partial charge in [0.1, 0.15) is 17.6 Å². The number of nitrogens with zero attached hydrogens (tertiary/aromatic N) is 2. The maximum Gasteiger partial charge on any atom is 1.00 e. The molecule has 0 bridgehead atoms. The van der Waals surface area contributed by atoms with E-state index >= 15 is 0 Å². The molecule has 0 aliphatic carbocycles. The fourth-order valence-corrected chi connectivity index (χ4v) is 7.39. The van der Waals surface area contributed by atoms with Gasteiger partial charge in [0.05, 0.1) is 6.61 Å². The summed E-state index contributed by atoms with van der Waals surface area (Å²) in [5.74, 6) is -2.55. The summed E-state index contributed by atoms with van der Waals surface area (Å²) >= 11 is 0. The van der Waals surface area contributed by atoms with Crippen LogP contribution in [0.5, 0.6) is 0 Å². The molecule has 0 aromatic heterocycles. The molecule has 2 heterocycles. The SMILES string of the molecule is CCOC(=O)[C@H]1O[C@@H]1C(=O)N[C@@H](CC(C)C)C(=O)N[C@@H](CC(C)C)C(=O)N1CCN(C(P(=O)([O-])[O-])P(=O)(O)O)CC1.[Na+].[Na+]. The van der Waals surface area contributed by atoms with E-state index in [0.717, 1.165) is 4.90 Å². The van der Waals surface area contributed by atoms with Gasteiger partial charge in [-0.3, -0.25) is 23.8 Å². The van der Waals surface area contributed by atoms with Crippen LogP contribution in [-0.2, 0) is 37.8 Å². The van der Waals surface area contributed by atoms with Crippen molar-refractivity contribution in [2.45, 2.75) is 77.3 Å². The summed E-state index contributed by atoms with van der Waals surface area (Å²) < 4.78 is 33.2. The van der Waals surface area contributed by atoms with Crippen LogP contribution in [0.15, 0.2) is 0 Å². The first-order valence-corrected chi connectivity index (χ1v) is 16.7. The van der Waals surface area contributed by atoms with Gasteiger partial charge >= 0.3 is 72.7 Å². The number of esters is 1. The Labute approximate surface area is 295 Å². The monoisotopic (exact) mass is 672 g/mol. The number of amides is 3. The molecule has 0 saturated carbocycles. The minimum Gasteiger partial charge on any atom is -0.809 e. The topological polar surface area (TPSA) is 241 Å². The van der Waals surface area contributed by atoms with Crippen molar-refractivity contribution in [2.75, 3.05) is 32.8 Å². The van der Waals surface area contributed by atoms with Gasteiger partial charge in [-0.2, -0.15) is 0 Å². The number of rotatable bonds is 14. The second-order valence-corrected chi connectivity index (χ2v) is 14.6. The largest absolute Gasteiger partial charge is 1.00 e. The van der Waals surface area contributed by atoms with Crippen LogP contribution >= 0.6 is 15.2 Å². The van der Waals surface area contributed by atoms with Gasteiger partial charge in [-0.05, 0) is 39.2 Å². The van der Waals surface area contributed by atoms with E-state index in [4.69, 9.17) is 9.47 Å². The summed E-state index contributed by atoms with van der Waals surface area (Å²) in [6.45, 7) is 8.24. The Balaban J connectivity index is 0.00000882. The van der Waals surface area contributed by atoms with Crippen LogP contribution in [0, 0.1) is 11.8 Å². The number of hydrogen-bond donors (Lipinski definition) is 4. The van der Waals surface area contributed by atoms with Gasteiger partial charge in [0.25, 0.3) is 5.91 Å². The molecule has 0 aromatic carbocycles. The predicted octanol–water partition coefficient (Wildman–Crippen LogP) is -8.09. The van der Waals surface area contributed by atoms with Crippen molar-refractivity contribution >= 4 is 38.9 Å². The third-order valence-corrected chi connectivity index (χ3v) is 10.0. The number of ether oxygens (including phenoxy) is 2. The van der Waals surface area contributed by atoms with E-state index in [1.54, 1.807) is 6.92 Å². The van der Waals surface area contributed by atoms with E-state index in [1.165, 1.54) is 4.90 Å². The first-order chi connectivity index (χ1) is 18.9. The van der Waals surface area contributed by atoms with Gasteiger partial charge in [0.15, 0.2) is 12.2 Å². The molecule has 2 rings (SSSR count). The van der Waals surface area contributed by atoms with Crippen molar-refractivity contribution in [3.05, 3.63) is 0 Å². The van der Waals surface area contributed by atoms with E-state index in [9.17, 15) is 47.9 Å². The number of piperazine rings is 1. The maximum atomic E-state index is 13.4. The molecule has 0 radical (unpaired) electrons. The molecule has 5 atom stereocenters. The zero-order valence-electron chi connectivity index (χ0n) is 25.8. The summed E-state index contributed by atoms with van der Waals surface area (Å²) in [7, 11) is -11.0. The Hall–Kier alpha value is 0.100. The van der Waals surface area contributed by atoms with Crippen LogP contribution in [0.3, 0.4) is 0 Å². The standard InChI is InChI=1S/C23H42N4O12P2.2Na/c1-6-38-22(31)18-17(39-18)20(29)24-15(11-13(2)3)19(28)25-16(12-14(4)5)21(30)26-7-9-27(10-8-26)23(40(32,33)34)41(35,36)37;;/h13-18,23H,6-12H2,1-5H3,(H,24,29)(H,25,28)(H2,32,33,34)(H2,35,36,37);;/q;2*+1/p-2/t15-,16-,17-,18-;;/m0../s1. The second-order valence-electron chi connectivity index (χ2n) is 10.9. The molecule has 20 heteroatoms. The average Bonchev–Trinajstić information content (AvgIpc) is 3.62. The summed E-state index contributed by atoms with van der Waals surface area (Å²) in [4.78, 5) is 95.2. The molecule has 2 saturated heterocycles. The summed E-state index contributed by atoms with van der Waals surface area (Å²) in [5.41, 5.74) is -2.53. The molecule has 2 fully saturated rings. The van der Waals surface area contributed by atoms with Crippen LogP contribution in [-0.4, -0.2) is 106 Å². The van der Waals surface area contributed by atoms with Gasteiger partial charge < -0.3 is 49.1 Å². The quantitative estimate of drug-likeness (QED) is 0.0581. The number of carbonyl (C=O) groups excluding carboxylic acids is 4. The summed E-state index contributed by atoms with van der Waals surface area (Å²) in [6, 6.07) is -2.06. The number of nitrogens with one attached hydrogen (secondary N) is 2. The van der Waals surface area contributed by atoms with Crippen LogP contribution in [0.25, 0.3) is 0 Å². The Morgan fingerprint density at radius 3 is 1.86 bits per heavy atom. The van der Waals surface area contributed by atoms with E-state index in [2.05, 4.69) is 10.6 Å². The van der Waals surface area contributed by atoms with Gasteiger partial charge in [0.2, 0.25) is 11.8 Å². The Morgan fingerprint density at radius 1 is 0.907 bits per heavy atom. The molecule has 43 heavy (non-hydrogen) atoms. The number of hydrogen-bond acceptors (Lipinski definition) is 11. The van der Waals surface area contributed by atoms with Crippen LogP contribution < -0.4 is 79.5 Å². The van der Waals surface area contributed by atoms with Gasteiger partial charge in [-0.15, -0.1) is 0 Å². The van der Waals surface area contributed by atoms with Crippen molar-refractivity contribution < 1.29 is 116 Å². The van der Waals surface area contributed by atoms with Gasteiger partial charge in [-0.25, -0.2) is 4.79 Å². The minimum absolute atomic E-state index is 0. The number of epoxide rings is 1. The molecule has 16 nitrogen and oxygen atoms in total. The molecule has 4 N–H and O–H groups in total. The molecule has 2 aliphatic heterocycles. The Morgan fingerprint density at radius 2 is 1.42 bits per heavy atom.